The summed E-state index contributed by atoms with van der Waals surface area (Å²) >= 11 is 5.21. The highest BCUT2D eigenvalue weighted by molar-refractivity contribution is 9.10. The average Bonchev–Trinajstić information content (AvgIpc) is 3.20. The first kappa shape index (κ1) is 19.3. The van der Waals surface area contributed by atoms with E-state index in [0.717, 1.165) is 44.7 Å². The van der Waals surface area contributed by atoms with Gasteiger partial charge in [-0.25, -0.2) is 4.98 Å². The molecule has 30 heavy (non-hydrogen) atoms. The van der Waals surface area contributed by atoms with Crippen LogP contribution < -0.4 is 9.64 Å². The van der Waals surface area contributed by atoms with Crippen molar-refractivity contribution in [1.29, 1.82) is 0 Å². The molecular weight excluding hydrogens is 462 g/mol. The standard InChI is InChI=1S/C23H20BrN3O2S/c24-18-6-8-20-21(14-18)30-23(25-20)27-11-9-26(10-12-27)22(28)15-29-19-7-5-16-3-1-2-4-17(16)13-19/h1-8,13-14H,9-12,15H2. The molecule has 5 rings (SSSR count). The van der Waals surface area contributed by atoms with Crippen molar-refractivity contribution in [1.82, 2.24) is 9.88 Å². The zero-order valence-electron chi connectivity index (χ0n) is 16.3. The summed E-state index contributed by atoms with van der Waals surface area (Å²) in [5.74, 6) is 0.748. The van der Waals surface area contributed by atoms with Gasteiger partial charge in [0.2, 0.25) is 0 Å². The fourth-order valence-corrected chi connectivity index (χ4v) is 5.23. The summed E-state index contributed by atoms with van der Waals surface area (Å²) in [6, 6.07) is 20.2. The van der Waals surface area contributed by atoms with Gasteiger partial charge in [-0.2, -0.15) is 0 Å². The summed E-state index contributed by atoms with van der Waals surface area (Å²) in [5, 5.41) is 3.29. The Labute approximate surface area is 187 Å². The molecule has 4 aromatic rings. The second kappa shape index (κ2) is 8.24. The van der Waals surface area contributed by atoms with Crippen LogP contribution in [0.4, 0.5) is 5.13 Å². The van der Waals surface area contributed by atoms with E-state index in [9.17, 15) is 4.79 Å². The van der Waals surface area contributed by atoms with Gasteiger partial charge in [0.05, 0.1) is 10.2 Å². The molecule has 0 aliphatic carbocycles. The van der Waals surface area contributed by atoms with E-state index >= 15 is 0 Å². The normalized spacial score (nSPS) is 14.4. The van der Waals surface area contributed by atoms with Gasteiger partial charge in [0.1, 0.15) is 5.75 Å². The fourth-order valence-electron chi connectivity index (χ4n) is 3.66. The summed E-state index contributed by atoms with van der Waals surface area (Å²) in [4.78, 5) is 21.5. The molecule has 152 valence electrons. The first-order valence-corrected chi connectivity index (χ1v) is 11.5. The van der Waals surface area contributed by atoms with Crippen LogP contribution in [0.15, 0.2) is 65.1 Å². The maximum atomic E-state index is 12.6. The maximum absolute atomic E-state index is 12.6. The van der Waals surface area contributed by atoms with Gasteiger partial charge in [-0.15, -0.1) is 0 Å². The number of benzene rings is 3. The number of halogens is 1. The van der Waals surface area contributed by atoms with Crippen LogP contribution in [-0.4, -0.2) is 48.6 Å². The Morgan fingerprint density at radius 2 is 1.80 bits per heavy atom. The molecule has 1 fully saturated rings. The lowest BCUT2D eigenvalue weighted by molar-refractivity contribution is -0.133. The second-order valence-electron chi connectivity index (χ2n) is 7.27. The van der Waals surface area contributed by atoms with Crippen LogP contribution in [0.3, 0.4) is 0 Å². The molecule has 7 heteroatoms. The van der Waals surface area contributed by atoms with Gasteiger partial charge in [0, 0.05) is 30.7 Å². The van der Waals surface area contributed by atoms with Crippen LogP contribution in [0.2, 0.25) is 0 Å². The largest absolute Gasteiger partial charge is 0.484 e. The van der Waals surface area contributed by atoms with E-state index in [4.69, 9.17) is 9.72 Å². The molecule has 0 saturated carbocycles. The SMILES string of the molecule is O=C(COc1ccc2ccccc2c1)N1CCN(c2nc3ccc(Br)cc3s2)CC1. The van der Waals surface area contributed by atoms with Crippen molar-refractivity contribution in [2.24, 2.45) is 0 Å². The van der Waals surface area contributed by atoms with Crippen molar-refractivity contribution >= 4 is 59.3 Å². The van der Waals surface area contributed by atoms with Gasteiger partial charge >= 0.3 is 0 Å². The molecule has 2 heterocycles. The maximum Gasteiger partial charge on any atom is 0.260 e. The molecule has 1 aliphatic rings. The van der Waals surface area contributed by atoms with E-state index in [-0.39, 0.29) is 12.5 Å². The smallest absolute Gasteiger partial charge is 0.260 e. The van der Waals surface area contributed by atoms with Crippen LogP contribution in [-0.2, 0) is 4.79 Å². The minimum Gasteiger partial charge on any atom is -0.484 e. The third kappa shape index (κ3) is 4.00. The van der Waals surface area contributed by atoms with E-state index < -0.39 is 0 Å². The number of carbonyl (C=O) groups excluding carboxylic acids is 1. The first-order chi connectivity index (χ1) is 14.7. The minimum absolute atomic E-state index is 0.0241. The Balaban J connectivity index is 1.17. The lowest BCUT2D eigenvalue weighted by Crippen LogP contribution is -2.50. The topological polar surface area (TPSA) is 45.7 Å². The Bertz CT molecular complexity index is 1220. The number of aromatic nitrogens is 1. The fraction of sp³-hybridized carbons (Fsp3) is 0.217. The molecule has 0 atom stereocenters. The summed E-state index contributed by atoms with van der Waals surface area (Å²) < 4.78 is 8.00. The quantitative estimate of drug-likeness (QED) is 0.414. The molecule has 0 N–H and O–H groups in total. The Morgan fingerprint density at radius 1 is 1.00 bits per heavy atom. The summed E-state index contributed by atoms with van der Waals surface area (Å²) in [7, 11) is 0. The van der Waals surface area contributed by atoms with Crippen LogP contribution in [0.1, 0.15) is 0 Å². The average molecular weight is 482 g/mol. The number of fused-ring (bicyclic) bond motifs is 2. The highest BCUT2D eigenvalue weighted by Gasteiger charge is 2.23. The summed E-state index contributed by atoms with van der Waals surface area (Å²) in [5.41, 5.74) is 1.01. The molecular formula is C23H20BrN3O2S. The van der Waals surface area contributed by atoms with Crippen molar-refractivity contribution in [3.63, 3.8) is 0 Å². The second-order valence-corrected chi connectivity index (χ2v) is 9.20. The molecule has 0 bridgehead atoms. The van der Waals surface area contributed by atoms with Crippen molar-refractivity contribution in [2.75, 3.05) is 37.7 Å². The highest BCUT2D eigenvalue weighted by atomic mass is 79.9. The van der Waals surface area contributed by atoms with Crippen LogP contribution in [0.25, 0.3) is 21.0 Å². The monoisotopic (exact) mass is 481 g/mol. The van der Waals surface area contributed by atoms with Crippen LogP contribution in [0.5, 0.6) is 5.75 Å². The number of hydrogen-bond acceptors (Lipinski definition) is 5. The molecule has 5 nitrogen and oxygen atoms in total. The van der Waals surface area contributed by atoms with Gasteiger partial charge in [-0.3, -0.25) is 4.79 Å². The van der Waals surface area contributed by atoms with Crippen molar-refractivity contribution in [3.8, 4) is 5.75 Å². The first-order valence-electron chi connectivity index (χ1n) is 9.86. The minimum atomic E-state index is 0.0241. The number of thiazole rings is 1. The third-order valence-electron chi connectivity index (χ3n) is 5.33. The summed E-state index contributed by atoms with van der Waals surface area (Å²) in [6.07, 6.45) is 0. The molecule has 3 aromatic carbocycles. The number of carbonyl (C=O) groups is 1. The molecule has 1 amide bonds. The molecule has 0 spiro atoms. The lowest BCUT2D eigenvalue weighted by atomic mass is 10.1. The van der Waals surface area contributed by atoms with Gasteiger partial charge in [0.15, 0.2) is 11.7 Å². The number of piperazine rings is 1. The van der Waals surface area contributed by atoms with Crippen LogP contribution >= 0.6 is 27.3 Å². The molecule has 0 radical (unpaired) electrons. The van der Waals surface area contributed by atoms with E-state index in [1.807, 2.05) is 53.4 Å². The van der Waals surface area contributed by atoms with E-state index in [2.05, 4.69) is 33.0 Å². The number of rotatable bonds is 4. The van der Waals surface area contributed by atoms with Crippen molar-refractivity contribution in [3.05, 3.63) is 65.1 Å². The van der Waals surface area contributed by atoms with Gasteiger partial charge in [-0.1, -0.05) is 57.6 Å². The van der Waals surface area contributed by atoms with E-state index in [1.54, 1.807) is 11.3 Å². The Kier molecular flexibility index (Phi) is 5.31. The van der Waals surface area contributed by atoms with Crippen molar-refractivity contribution < 1.29 is 9.53 Å². The van der Waals surface area contributed by atoms with E-state index in [0.29, 0.717) is 13.1 Å². The Hall–Kier alpha value is -2.64. The molecule has 0 unspecified atom stereocenters. The number of hydrogen-bond donors (Lipinski definition) is 0. The zero-order chi connectivity index (χ0) is 20.5. The predicted molar refractivity (Wildman–Crippen MR) is 126 cm³/mol. The lowest BCUT2D eigenvalue weighted by Gasteiger charge is -2.34. The van der Waals surface area contributed by atoms with Gasteiger partial charge in [0.25, 0.3) is 5.91 Å². The number of nitrogens with zero attached hydrogens (tertiary/aromatic N) is 3. The van der Waals surface area contributed by atoms with E-state index in [1.165, 1.54) is 4.70 Å². The third-order valence-corrected chi connectivity index (χ3v) is 6.90. The number of ether oxygens (including phenoxy) is 1. The molecule has 1 saturated heterocycles. The number of amides is 1. The predicted octanol–water partition coefficient (Wildman–Crippen LogP) is 4.94. The molecule has 1 aliphatic heterocycles. The van der Waals surface area contributed by atoms with Gasteiger partial charge in [-0.05, 0) is 41.1 Å². The number of anilines is 1. The molecule has 1 aromatic heterocycles. The van der Waals surface area contributed by atoms with Crippen LogP contribution in [0, 0.1) is 0 Å². The van der Waals surface area contributed by atoms with Crippen molar-refractivity contribution in [2.45, 2.75) is 0 Å². The summed E-state index contributed by atoms with van der Waals surface area (Å²) in [6.45, 7) is 2.98. The Morgan fingerprint density at radius 3 is 2.63 bits per heavy atom. The highest BCUT2D eigenvalue weighted by Crippen LogP contribution is 2.31. The van der Waals surface area contributed by atoms with Gasteiger partial charge < -0.3 is 14.5 Å². The zero-order valence-corrected chi connectivity index (χ0v) is 18.7.